The molecule has 0 spiro atoms. The Morgan fingerprint density at radius 3 is 2.42 bits per heavy atom. The molecule has 1 amide bonds. The maximum absolute atomic E-state index is 13.4. The van der Waals surface area contributed by atoms with E-state index in [1.54, 1.807) is 36.5 Å². The summed E-state index contributed by atoms with van der Waals surface area (Å²) in [4.78, 5) is 29.0. The molecule has 5 aromatic rings. The van der Waals surface area contributed by atoms with E-state index < -0.39 is 15.3 Å². The van der Waals surface area contributed by atoms with Crippen molar-refractivity contribution in [3.63, 3.8) is 0 Å². The van der Waals surface area contributed by atoms with Crippen molar-refractivity contribution in [1.29, 1.82) is 0 Å². The Kier molecular flexibility index (Phi) is 7.31. The van der Waals surface area contributed by atoms with Gasteiger partial charge in [0.1, 0.15) is 5.82 Å². The molecule has 0 aliphatic heterocycles. The Hall–Kier alpha value is -4.48. The summed E-state index contributed by atoms with van der Waals surface area (Å²) in [5, 5.41) is 6.86. The van der Waals surface area contributed by atoms with E-state index in [0.29, 0.717) is 28.3 Å². The molecule has 3 aromatic carbocycles. The van der Waals surface area contributed by atoms with Gasteiger partial charge in [-0.1, -0.05) is 35.9 Å². The second kappa shape index (κ2) is 11.0. The molecule has 1 fully saturated rings. The molecule has 220 valence electrons. The van der Waals surface area contributed by atoms with E-state index in [4.69, 9.17) is 16.6 Å². The Morgan fingerprint density at radius 1 is 1.02 bits per heavy atom. The number of anilines is 5. The Morgan fingerprint density at radius 2 is 1.74 bits per heavy atom. The quantitative estimate of drug-likeness (QED) is 0.215. The fourth-order valence-corrected chi connectivity index (χ4v) is 6.04. The number of benzene rings is 3. The van der Waals surface area contributed by atoms with Crippen molar-refractivity contribution >= 4 is 67.5 Å². The highest BCUT2D eigenvalue weighted by atomic mass is 35.5. The first-order valence-electron chi connectivity index (χ1n) is 13.7. The summed E-state index contributed by atoms with van der Waals surface area (Å²) in [6.45, 7) is 0. The first-order valence-corrected chi connectivity index (χ1v) is 16.1. The van der Waals surface area contributed by atoms with Crippen LogP contribution in [0.1, 0.15) is 24.0 Å². The second-order valence-corrected chi connectivity index (χ2v) is 13.5. The predicted molar refractivity (Wildman–Crippen MR) is 170 cm³/mol. The molecular formula is C31H30ClN7O3S. The SMILES string of the molecule is CN(c1ccc2c(c1)nc(NC(=O)C1(c3ccc(Cl)cc3)CC1)n2C)c1ccnc(Nc2ccc(CS(C)(=O)=O)cc2)n1. The van der Waals surface area contributed by atoms with Crippen molar-refractivity contribution in [2.24, 2.45) is 7.05 Å². The van der Waals surface area contributed by atoms with Crippen molar-refractivity contribution < 1.29 is 13.2 Å². The summed E-state index contributed by atoms with van der Waals surface area (Å²) in [7, 11) is 0.681. The van der Waals surface area contributed by atoms with Gasteiger partial charge in [-0.15, -0.1) is 0 Å². The fourth-order valence-electron chi connectivity index (χ4n) is 5.12. The maximum atomic E-state index is 13.4. The average molecular weight is 616 g/mol. The lowest BCUT2D eigenvalue weighted by atomic mass is 9.95. The van der Waals surface area contributed by atoms with Crippen molar-refractivity contribution in [3.05, 3.63) is 95.1 Å². The van der Waals surface area contributed by atoms with Gasteiger partial charge in [0.25, 0.3) is 0 Å². The monoisotopic (exact) mass is 615 g/mol. The van der Waals surface area contributed by atoms with E-state index in [-0.39, 0.29) is 11.7 Å². The molecule has 0 atom stereocenters. The van der Waals surface area contributed by atoms with Crippen molar-refractivity contribution in [2.75, 3.05) is 28.8 Å². The Bertz CT molecular complexity index is 1940. The smallest absolute Gasteiger partial charge is 0.237 e. The summed E-state index contributed by atoms with van der Waals surface area (Å²) in [6, 6.07) is 22.3. The van der Waals surface area contributed by atoms with Gasteiger partial charge in [0.05, 0.1) is 22.2 Å². The number of carbonyl (C=O) groups is 1. The average Bonchev–Trinajstić information content (AvgIpc) is 3.73. The number of amides is 1. The number of imidazole rings is 1. The third-order valence-corrected chi connectivity index (χ3v) is 8.79. The standard InChI is InChI=1S/C31H30ClN7O3S/c1-38(27-14-17-33-29(36-27)34-23-10-4-20(5-11-23)19-43(3,41)42)24-12-13-26-25(18-24)35-30(39(26)2)37-28(40)31(15-16-31)21-6-8-22(32)9-7-21/h4-14,17-18H,15-16,19H2,1-3H3,(H,33,34,36)(H,35,37,40). The number of nitrogens with one attached hydrogen (secondary N) is 2. The number of carbonyl (C=O) groups excluding carboxylic acids is 1. The zero-order valence-electron chi connectivity index (χ0n) is 23.9. The molecule has 43 heavy (non-hydrogen) atoms. The minimum absolute atomic E-state index is 0.0112. The number of rotatable bonds is 9. The van der Waals surface area contributed by atoms with Gasteiger partial charge in [0.2, 0.25) is 17.8 Å². The van der Waals surface area contributed by atoms with Crippen LogP contribution in [0.2, 0.25) is 5.02 Å². The number of fused-ring (bicyclic) bond motifs is 1. The first-order chi connectivity index (χ1) is 20.5. The highest BCUT2D eigenvalue weighted by Crippen LogP contribution is 2.49. The van der Waals surface area contributed by atoms with Gasteiger partial charge in [0.15, 0.2) is 9.84 Å². The lowest BCUT2D eigenvalue weighted by molar-refractivity contribution is -0.118. The number of hydrogen-bond acceptors (Lipinski definition) is 8. The molecule has 2 aromatic heterocycles. The van der Waals surface area contributed by atoms with E-state index in [1.165, 1.54) is 6.26 Å². The van der Waals surface area contributed by atoms with Gasteiger partial charge < -0.3 is 14.8 Å². The summed E-state index contributed by atoms with van der Waals surface area (Å²) in [5.74, 6) is 1.46. The second-order valence-electron chi connectivity index (χ2n) is 10.9. The van der Waals surface area contributed by atoms with Crippen LogP contribution in [0.4, 0.5) is 29.1 Å². The molecular weight excluding hydrogens is 586 g/mol. The summed E-state index contributed by atoms with van der Waals surface area (Å²) >= 11 is 6.05. The number of aromatic nitrogens is 4. The van der Waals surface area contributed by atoms with Crippen molar-refractivity contribution in [3.8, 4) is 0 Å². The van der Waals surface area contributed by atoms with E-state index in [1.807, 2.05) is 66.0 Å². The molecule has 6 rings (SSSR count). The number of nitrogens with zero attached hydrogens (tertiary/aromatic N) is 5. The number of aryl methyl sites for hydroxylation is 1. The predicted octanol–water partition coefficient (Wildman–Crippen LogP) is 5.74. The molecule has 10 nitrogen and oxygen atoms in total. The molecule has 0 unspecified atom stereocenters. The van der Waals surface area contributed by atoms with Gasteiger partial charge >= 0.3 is 0 Å². The topological polar surface area (TPSA) is 122 Å². The molecule has 0 saturated heterocycles. The van der Waals surface area contributed by atoms with E-state index in [2.05, 4.69) is 20.6 Å². The van der Waals surface area contributed by atoms with Crippen LogP contribution in [0.3, 0.4) is 0 Å². The number of sulfone groups is 1. The first kappa shape index (κ1) is 28.6. The van der Waals surface area contributed by atoms with Crippen LogP contribution in [0.15, 0.2) is 79.0 Å². The minimum Gasteiger partial charge on any atom is -0.329 e. The van der Waals surface area contributed by atoms with Gasteiger partial charge in [-0.25, -0.2) is 18.4 Å². The Balaban J connectivity index is 1.18. The fraction of sp³-hybridized carbons (Fsp3) is 0.226. The van der Waals surface area contributed by atoms with Gasteiger partial charge in [-0.3, -0.25) is 10.1 Å². The molecule has 2 N–H and O–H groups in total. The number of hydrogen-bond donors (Lipinski definition) is 2. The van der Waals surface area contributed by atoms with E-state index >= 15 is 0 Å². The Labute approximate surface area is 254 Å². The van der Waals surface area contributed by atoms with Crippen LogP contribution < -0.4 is 15.5 Å². The molecule has 1 saturated carbocycles. The molecule has 2 heterocycles. The zero-order valence-corrected chi connectivity index (χ0v) is 25.4. The largest absolute Gasteiger partial charge is 0.329 e. The lowest BCUT2D eigenvalue weighted by Crippen LogP contribution is -2.28. The summed E-state index contributed by atoms with van der Waals surface area (Å²) < 4.78 is 25.0. The van der Waals surface area contributed by atoms with Crippen LogP contribution in [0, 0.1) is 0 Å². The van der Waals surface area contributed by atoms with Crippen LogP contribution in [-0.2, 0) is 32.8 Å². The molecule has 1 aliphatic rings. The van der Waals surface area contributed by atoms with Gasteiger partial charge in [-0.2, -0.15) is 4.98 Å². The van der Waals surface area contributed by atoms with Crippen LogP contribution in [0.5, 0.6) is 0 Å². The third kappa shape index (κ3) is 6.04. The van der Waals surface area contributed by atoms with E-state index in [0.717, 1.165) is 40.8 Å². The van der Waals surface area contributed by atoms with Gasteiger partial charge in [-0.05, 0) is 72.5 Å². The van der Waals surface area contributed by atoms with Crippen molar-refractivity contribution in [1.82, 2.24) is 19.5 Å². The van der Waals surface area contributed by atoms with Crippen molar-refractivity contribution in [2.45, 2.75) is 24.0 Å². The zero-order chi connectivity index (χ0) is 30.4. The minimum atomic E-state index is -3.10. The van der Waals surface area contributed by atoms with Crippen LogP contribution in [-0.4, -0.2) is 47.1 Å². The van der Waals surface area contributed by atoms with Crippen LogP contribution >= 0.6 is 11.6 Å². The van der Waals surface area contributed by atoms with E-state index in [9.17, 15) is 13.2 Å². The highest BCUT2D eigenvalue weighted by molar-refractivity contribution is 7.89. The molecule has 0 radical (unpaired) electrons. The normalized spacial score (nSPS) is 14.0. The summed E-state index contributed by atoms with van der Waals surface area (Å²) in [6.07, 6.45) is 4.44. The number of halogens is 1. The maximum Gasteiger partial charge on any atom is 0.237 e. The lowest BCUT2D eigenvalue weighted by Gasteiger charge is -2.19. The van der Waals surface area contributed by atoms with Gasteiger partial charge in [0, 0.05) is 42.9 Å². The highest BCUT2D eigenvalue weighted by Gasteiger charge is 2.51. The molecule has 1 aliphatic carbocycles. The summed E-state index contributed by atoms with van der Waals surface area (Å²) in [5.41, 5.74) is 4.34. The third-order valence-electron chi connectivity index (χ3n) is 7.68. The molecule has 12 heteroatoms. The van der Waals surface area contributed by atoms with Crippen LogP contribution in [0.25, 0.3) is 11.0 Å². The molecule has 0 bridgehead atoms.